The van der Waals surface area contributed by atoms with Crippen molar-refractivity contribution < 1.29 is 9.53 Å². The monoisotopic (exact) mass is 325 g/mol. The molecule has 3 heteroatoms. The number of rotatable bonds is 6. The second-order valence-electron chi connectivity index (χ2n) is 6.94. The largest absolute Gasteiger partial charge is 0.444 e. The summed E-state index contributed by atoms with van der Waals surface area (Å²) in [7, 11) is 0. The molecule has 0 saturated heterocycles. The minimum Gasteiger partial charge on any atom is -0.444 e. The Hall–Kier alpha value is -2.29. The van der Waals surface area contributed by atoms with Gasteiger partial charge in [-0.25, -0.2) is 4.79 Å². The molecule has 2 rings (SSSR count). The number of hydrogen-bond donors (Lipinski definition) is 0. The van der Waals surface area contributed by atoms with Gasteiger partial charge in [0.05, 0.1) is 0 Å². The molecule has 24 heavy (non-hydrogen) atoms. The van der Waals surface area contributed by atoms with Gasteiger partial charge in [0.25, 0.3) is 0 Å². The molecule has 0 saturated carbocycles. The fraction of sp³-hybridized carbons (Fsp3) is 0.381. The molecule has 0 spiro atoms. The van der Waals surface area contributed by atoms with Gasteiger partial charge in [-0.05, 0) is 44.7 Å². The molecule has 0 heterocycles. The van der Waals surface area contributed by atoms with Gasteiger partial charge in [0, 0.05) is 13.1 Å². The van der Waals surface area contributed by atoms with E-state index in [0.717, 1.165) is 12.8 Å². The molecule has 0 aromatic heterocycles. The van der Waals surface area contributed by atoms with Crippen LogP contribution in [0.2, 0.25) is 0 Å². The van der Waals surface area contributed by atoms with Crippen LogP contribution in [-0.4, -0.2) is 29.7 Å². The minimum atomic E-state index is -0.477. The normalized spacial score (nSPS) is 11.1. The number of amides is 1. The molecule has 0 atom stereocenters. The Morgan fingerprint density at radius 3 is 1.62 bits per heavy atom. The molecule has 0 bridgehead atoms. The second kappa shape index (κ2) is 8.53. The van der Waals surface area contributed by atoms with E-state index in [9.17, 15) is 4.79 Å². The Morgan fingerprint density at radius 1 is 0.833 bits per heavy atom. The Kier molecular flexibility index (Phi) is 6.42. The van der Waals surface area contributed by atoms with Gasteiger partial charge in [0.2, 0.25) is 0 Å². The number of benzene rings is 2. The average molecular weight is 325 g/mol. The average Bonchev–Trinajstić information content (AvgIpc) is 2.55. The van der Waals surface area contributed by atoms with Gasteiger partial charge in [0.1, 0.15) is 5.60 Å². The Bertz CT molecular complexity index is 574. The highest BCUT2D eigenvalue weighted by molar-refractivity contribution is 5.68. The molecule has 2 aromatic rings. The first kappa shape index (κ1) is 18.1. The topological polar surface area (TPSA) is 29.5 Å². The second-order valence-corrected chi connectivity index (χ2v) is 6.94. The SMILES string of the molecule is CC(C)(C)OC(=O)N(CCc1ccccc1)CCc1ccccc1. The molecule has 0 radical (unpaired) electrons. The van der Waals surface area contributed by atoms with Crippen molar-refractivity contribution in [1.29, 1.82) is 0 Å². The molecule has 2 aromatic carbocycles. The first-order valence-electron chi connectivity index (χ1n) is 8.50. The first-order chi connectivity index (χ1) is 11.4. The molecule has 0 aliphatic rings. The van der Waals surface area contributed by atoms with Crippen LogP contribution in [0.3, 0.4) is 0 Å². The maximum Gasteiger partial charge on any atom is 0.410 e. The van der Waals surface area contributed by atoms with Crippen LogP contribution in [0.25, 0.3) is 0 Å². The molecule has 0 aliphatic heterocycles. The predicted molar refractivity (Wildman–Crippen MR) is 98.1 cm³/mol. The number of ether oxygens (including phenoxy) is 1. The summed E-state index contributed by atoms with van der Waals surface area (Å²) < 4.78 is 5.56. The van der Waals surface area contributed by atoms with Gasteiger partial charge in [-0.15, -0.1) is 0 Å². The summed E-state index contributed by atoms with van der Waals surface area (Å²) in [4.78, 5) is 14.3. The minimum absolute atomic E-state index is 0.241. The third kappa shape index (κ3) is 6.45. The third-order valence-electron chi connectivity index (χ3n) is 3.68. The fourth-order valence-electron chi connectivity index (χ4n) is 2.44. The van der Waals surface area contributed by atoms with E-state index < -0.39 is 5.60 Å². The number of carbonyl (C=O) groups excluding carboxylic acids is 1. The van der Waals surface area contributed by atoms with Crippen molar-refractivity contribution in [3.8, 4) is 0 Å². The van der Waals surface area contributed by atoms with Crippen molar-refractivity contribution in [2.45, 2.75) is 39.2 Å². The molecule has 0 N–H and O–H groups in total. The highest BCUT2D eigenvalue weighted by atomic mass is 16.6. The lowest BCUT2D eigenvalue weighted by Gasteiger charge is -2.27. The summed E-state index contributed by atoms with van der Waals surface area (Å²) in [5.74, 6) is 0. The fourth-order valence-corrected chi connectivity index (χ4v) is 2.44. The Balaban J connectivity index is 1.98. The maximum atomic E-state index is 12.5. The molecule has 3 nitrogen and oxygen atoms in total. The van der Waals surface area contributed by atoms with Crippen molar-refractivity contribution in [3.05, 3.63) is 71.8 Å². The zero-order valence-electron chi connectivity index (χ0n) is 14.9. The summed E-state index contributed by atoms with van der Waals surface area (Å²) in [5, 5.41) is 0. The van der Waals surface area contributed by atoms with Crippen LogP contribution in [0.5, 0.6) is 0 Å². The first-order valence-corrected chi connectivity index (χ1v) is 8.50. The highest BCUT2D eigenvalue weighted by Gasteiger charge is 2.21. The van der Waals surface area contributed by atoms with Gasteiger partial charge >= 0.3 is 6.09 Å². The van der Waals surface area contributed by atoms with Gasteiger partial charge in [0.15, 0.2) is 0 Å². The lowest BCUT2D eigenvalue weighted by Crippen LogP contribution is -2.39. The summed E-state index contributed by atoms with van der Waals surface area (Å²) in [5.41, 5.74) is 1.98. The van der Waals surface area contributed by atoms with Gasteiger partial charge in [-0.2, -0.15) is 0 Å². The zero-order chi connectivity index (χ0) is 17.4. The van der Waals surface area contributed by atoms with E-state index in [-0.39, 0.29) is 6.09 Å². The molecule has 0 unspecified atom stereocenters. The summed E-state index contributed by atoms with van der Waals surface area (Å²) in [6.45, 7) is 7.02. The zero-order valence-corrected chi connectivity index (χ0v) is 14.9. The van der Waals surface area contributed by atoms with E-state index in [4.69, 9.17) is 4.74 Å². The third-order valence-corrected chi connectivity index (χ3v) is 3.68. The molecule has 0 fully saturated rings. The summed E-state index contributed by atoms with van der Waals surface area (Å²) >= 11 is 0. The van der Waals surface area contributed by atoms with Crippen molar-refractivity contribution in [2.24, 2.45) is 0 Å². The Morgan fingerprint density at radius 2 is 1.25 bits per heavy atom. The summed E-state index contributed by atoms with van der Waals surface area (Å²) in [6, 6.07) is 20.5. The molecule has 1 amide bonds. The van der Waals surface area contributed by atoms with E-state index in [1.165, 1.54) is 11.1 Å². The Labute approximate surface area is 145 Å². The van der Waals surface area contributed by atoms with E-state index >= 15 is 0 Å². The van der Waals surface area contributed by atoms with E-state index in [2.05, 4.69) is 24.3 Å². The highest BCUT2D eigenvalue weighted by Crippen LogP contribution is 2.12. The van der Waals surface area contributed by atoms with Gasteiger partial charge in [-0.3, -0.25) is 0 Å². The number of carbonyl (C=O) groups is 1. The van der Waals surface area contributed by atoms with Crippen LogP contribution in [0.4, 0.5) is 4.79 Å². The number of hydrogen-bond acceptors (Lipinski definition) is 2. The van der Waals surface area contributed by atoms with Crippen LogP contribution in [0, 0.1) is 0 Å². The van der Waals surface area contributed by atoms with Crippen molar-refractivity contribution >= 4 is 6.09 Å². The van der Waals surface area contributed by atoms with Gasteiger partial charge in [-0.1, -0.05) is 60.7 Å². The quantitative estimate of drug-likeness (QED) is 0.770. The van der Waals surface area contributed by atoms with Gasteiger partial charge < -0.3 is 9.64 Å². The summed E-state index contributed by atoms with van der Waals surface area (Å²) in [6.07, 6.45) is 1.42. The molecule has 128 valence electrons. The van der Waals surface area contributed by atoms with Crippen molar-refractivity contribution in [1.82, 2.24) is 4.90 Å². The smallest absolute Gasteiger partial charge is 0.410 e. The molecular formula is C21H27NO2. The molecule has 0 aliphatic carbocycles. The lowest BCUT2D eigenvalue weighted by atomic mass is 10.1. The van der Waals surface area contributed by atoms with Crippen LogP contribution in [-0.2, 0) is 17.6 Å². The predicted octanol–water partition coefficient (Wildman–Crippen LogP) is 4.71. The standard InChI is InChI=1S/C21H27NO2/c1-21(2,3)24-20(23)22(16-14-18-10-6-4-7-11-18)17-15-19-12-8-5-9-13-19/h4-13H,14-17H2,1-3H3. The van der Waals surface area contributed by atoms with Crippen LogP contribution in [0.1, 0.15) is 31.9 Å². The van der Waals surface area contributed by atoms with Crippen LogP contribution in [0.15, 0.2) is 60.7 Å². The molecular weight excluding hydrogens is 298 g/mol. The lowest BCUT2D eigenvalue weighted by molar-refractivity contribution is 0.0254. The van der Waals surface area contributed by atoms with E-state index in [1.54, 1.807) is 0 Å². The van der Waals surface area contributed by atoms with Crippen LogP contribution >= 0.6 is 0 Å². The maximum absolute atomic E-state index is 12.5. The van der Waals surface area contributed by atoms with Crippen molar-refractivity contribution in [2.75, 3.05) is 13.1 Å². The van der Waals surface area contributed by atoms with Crippen molar-refractivity contribution in [3.63, 3.8) is 0 Å². The number of nitrogens with zero attached hydrogens (tertiary/aromatic N) is 1. The van der Waals surface area contributed by atoms with Crippen LogP contribution < -0.4 is 0 Å². The van der Waals surface area contributed by atoms with E-state index in [0.29, 0.717) is 13.1 Å². The van der Waals surface area contributed by atoms with E-state index in [1.807, 2.05) is 62.1 Å².